The molecule has 2 aromatic carbocycles. The quantitative estimate of drug-likeness (QED) is 0.829. The van der Waals surface area contributed by atoms with Gasteiger partial charge >= 0.3 is 0 Å². The Kier molecular flexibility index (Phi) is 2.73. The summed E-state index contributed by atoms with van der Waals surface area (Å²) in [5.41, 5.74) is 1.13. The highest BCUT2D eigenvalue weighted by molar-refractivity contribution is 9.10. The molecule has 0 aliphatic carbocycles. The summed E-state index contributed by atoms with van der Waals surface area (Å²) in [7, 11) is 0. The van der Waals surface area contributed by atoms with Gasteiger partial charge in [0.15, 0.2) is 0 Å². The highest BCUT2D eigenvalue weighted by Gasteiger charge is 2.05. The largest absolute Gasteiger partial charge is 0.508 e. The zero-order valence-corrected chi connectivity index (χ0v) is 9.33. The van der Waals surface area contributed by atoms with Crippen molar-refractivity contribution in [2.45, 2.75) is 0 Å². The summed E-state index contributed by atoms with van der Waals surface area (Å²) in [5.74, 6) is -0.171. The second-order valence-electron chi connectivity index (χ2n) is 3.17. The van der Waals surface area contributed by atoms with Gasteiger partial charge < -0.3 is 5.11 Å². The third-order valence-electron chi connectivity index (χ3n) is 2.09. The van der Waals surface area contributed by atoms with Gasteiger partial charge in [0.1, 0.15) is 11.6 Å². The summed E-state index contributed by atoms with van der Waals surface area (Å²) < 4.78 is 14.3. The number of phenolic OH excluding ortho intramolecular Hbond substituents is 1. The van der Waals surface area contributed by atoms with Crippen LogP contribution in [0.3, 0.4) is 0 Å². The molecule has 1 nitrogen and oxygen atoms in total. The average molecular weight is 267 g/mol. The zero-order valence-electron chi connectivity index (χ0n) is 7.74. The van der Waals surface area contributed by atoms with E-state index in [2.05, 4.69) is 15.9 Å². The zero-order chi connectivity index (χ0) is 10.8. The van der Waals surface area contributed by atoms with Gasteiger partial charge in [0, 0.05) is 10.0 Å². The van der Waals surface area contributed by atoms with Crippen LogP contribution >= 0.6 is 15.9 Å². The molecule has 0 radical (unpaired) electrons. The Labute approximate surface area is 95.3 Å². The molecule has 2 aromatic rings. The fraction of sp³-hybridized carbons (Fsp3) is 0. The first kappa shape index (κ1) is 10.2. The molecule has 0 spiro atoms. The van der Waals surface area contributed by atoms with Gasteiger partial charge in [-0.1, -0.05) is 28.1 Å². The van der Waals surface area contributed by atoms with E-state index >= 15 is 0 Å². The maximum atomic E-state index is 13.5. The Hall–Kier alpha value is -1.35. The van der Waals surface area contributed by atoms with Crippen molar-refractivity contribution in [3.8, 4) is 16.9 Å². The molecular weight excluding hydrogens is 259 g/mol. The maximum Gasteiger partial charge on any atom is 0.131 e. The van der Waals surface area contributed by atoms with Crippen molar-refractivity contribution in [3.05, 3.63) is 52.8 Å². The van der Waals surface area contributed by atoms with Crippen molar-refractivity contribution in [2.75, 3.05) is 0 Å². The van der Waals surface area contributed by atoms with Crippen LogP contribution in [0.25, 0.3) is 11.1 Å². The molecule has 0 aromatic heterocycles. The lowest BCUT2D eigenvalue weighted by Gasteiger charge is -2.04. The van der Waals surface area contributed by atoms with Crippen LogP contribution in [0, 0.1) is 5.82 Å². The minimum absolute atomic E-state index is 0.131. The van der Waals surface area contributed by atoms with Gasteiger partial charge in [-0.25, -0.2) is 4.39 Å². The Morgan fingerprint density at radius 2 is 1.87 bits per heavy atom. The van der Waals surface area contributed by atoms with Gasteiger partial charge in [-0.05, 0) is 35.9 Å². The van der Waals surface area contributed by atoms with E-state index in [4.69, 9.17) is 0 Å². The van der Waals surface area contributed by atoms with Gasteiger partial charge in [0.2, 0.25) is 0 Å². The fourth-order valence-corrected chi connectivity index (χ4v) is 1.75. The lowest BCUT2D eigenvalue weighted by Crippen LogP contribution is -1.83. The first-order valence-corrected chi connectivity index (χ1v) is 5.20. The van der Waals surface area contributed by atoms with E-state index in [0.717, 1.165) is 4.47 Å². The van der Waals surface area contributed by atoms with Crippen molar-refractivity contribution in [2.24, 2.45) is 0 Å². The van der Waals surface area contributed by atoms with Crippen LogP contribution in [0.5, 0.6) is 5.75 Å². The van der Waals surface area contributed by atoms with Gasteiger partial charge in [-0.2, -0.15) is 0 Å². The minimum atomic E-state index is -0.302. The highest BCUT2D eigenvalue weighted by atomic mass is 79.9. The van der Waals surface area contributed by atoms with Gasteiger partial charge in [-0.15, -0.1) is 0 Å². The van der Waals surface area contributed by atoms with E-state index in [1.165, 1.54) is 12.1 Å². The van der Waals surface area contributed by atoms with Crippen LogP contribution in [0.1, 0.15) is 0 Å². The molecule has 2 rings (SSSR count). The van der Waals surface area contributed by atoms with Crippen LogP contribution in [-0.2, 0) is 0 Å². The standard InChI is InChI=1S/C12H8BrFO/c13-9-4-5-12(14)11(7-9)8-2-1-3-10(15)6-8/h1-7,15H. The lowest BCUT2D eigenvalue weighted by atomic mass is 10.1. The molecule has 0 aliphatic rings. The van der Waals surface area contributed by atoms with E-state index in [1.807, 2.05) is 0 Å². The molecule has 0 amide bonds. The van der Waals surface area contributed by atoms with Gasteiger partial charge in [0.05, 0.1) is 0 Å². The van der Waals surface area contributed by atoms with Crippen molar-refractivity contribution in [1.82, 2.24) is 0 Å². The van der Waals surface area contributed by atoms with Gasteiger partial charge in [-0.3, -0.25) is 0 Å². The third-order valence-corrected chi connectivity index (χ3v) is 2.58. The van der Waals surface area contributed by atoms with Crippen LogP contribution in [-0.4, -0.2) is 5.11 Å². The summed E-state index contributed by atoms with van der Waals surface area (Å²) in [6.07, 6.45) is 0. The number of hydrogen-bond acceptors (Lipinski definition) is 1. The van der Waals surface area contributed by atoms with Crippen LogP contribution < -0.4 is 0 Å². The predicted octanol–water partition coefficient (Wildman–Crippen LogP) is 3.96. The number of rotatable bonds is 1. The summed E-state index contributed by atoms with van der Waals surface area (Å²) in [6.45, 7) is 0. The summed E-state index contributed by atoms with van der Waals surface area (Å²) in [6, 6.07) is 11.2. The second kappa shape index (κ2) is 4.03. The SMILES string of the molecule is Oc1cccc(-c2cc(Br)ccc2F)c1. The molecule has 0 heterocycles. The fourth-order valence-electron chi connectivity index (χ4n) is 1.39. The van der Waals surface area contributed by atoms with E-state index in [1.54, 1.807) is 30.3 Å². The van der Waals surface area contributed by atoms with Crippen molar-refractivity contribution in [1.29, 1.82) is 0 Å². The highest BCUT2D eigenvalue weighted by Crippen LogP contribution is 2.28. The molecule has 0 aliphatic heterocycles. The molecule has 0 fully saturated rings. The normalized spacial score (nSPS) is 10.3. The van der Waals surface area contributed by atoms with Crippen molar-refractivity contribution < 1.29 is 9.50 Å². The van der Waals surface area contributed by atoms with E-state index < -0.39 is 0 Å². The molecule has 76 valence electrons. The number of phenols is 1. The second-order valence-corrected chi connectivity index (χ2v) is 4.09. The maximum absolute atomic E-state index is 13.5. The molecule has 0 saturated carbocycles. The number of halogens is 2. The van der Waals surface area contributed by atoms with Crippen molar-refractivity contribution in [3.63, 3.8) is 0 Å². The summed E-state index contributed by atoms with van der Waals surface area (Å²) >= 11 is 3.28. The van der Waals surface area contributed by atoms with Crippen LogP contribution in [0.2, 0.25) is 0 Å². The molecule has 0 saturated heterocycles. The monoisotopic (exact) mass is 266 g/mol. The van der Waals surface area contributed by atoms with Gasteiger partial charge in [0.25, 0.3) is 0 Å². The van der Waals surface area contributed by atoms with E-state index in [-0.39, 0.29) is 11.6 Å². The molecular formula is C12H8BrFO. The topological polar surface area (TPSA) is 20.2 Å². The number of aromatic hydroxyl groups is 1. The first-order chi connectivity index (χ1) is 7.16. The van der Waals surface area contributed by atoms with E-state index in [9.17, 15) is 9.50 Å². The summed E-state index contributed by atoms with van der Waals surface area (Å²) in [4.78, 5) is 0. The Balaban J connectivity index is 2.58. The van der Waals surface area contributed by atoms with E-state index in [0.29, 0.717) is 11.1 Å². The smallest absolute Gasteiger partial charge is 0.131 e. The first-order valence-electron chi connectivity index (χ1n) is 4.41. The Morgan fingerprint density at radius 1 is 1.07 bits per heavy atom. The molecule has 0 bridgehead atoms. The molecule has 0 atom stereocenters. The van der Waals surface area contributed by atoms with Crippen molar-refractivity contribution >= 4 is 15.9 Å². The molecule has 1 N–H and O–H groups in total. The van der Waals surface area contributed by atoms with Crippen LogP contribution in [0.15, 0.2) is 46.9 Å². The third kappa shape index (κ3) is 2.18. The molecule has 15 heavy (non-hydrogen) atoms. The lowest BCUT2D eigenvalue weighted by molar-refractivity contribution is 0.475. The Morgan fingerprint density at radius 3 is 2.60 bits per heavy atom. The average Bonchev–Trinajstić information content (AvgIpc) is 2.22. The number of hydrogen-bond donors (Lipinski definition) is 1. The molecule has 3 heteroatoms. The predicted molar refractivity (Wildman–Crippen MR) is 61.2 cm³/mol. The van der Waals surface area contributed by atoms with Crippen LogP contribution in [0.4, 0.5) is 4.39 Å². The molecule has 0 unspecified atom stereocenters. The minimum Gasteiger partial charge on any atom is -0.508 e. The number of benzene rings is 2. The summed E-state index contributed by atoms with van der Waals surface area (Å²) in [5, 5.41) is 9.30. The Bertz CT molecular complexity index is 497.